The Balaban J connectivity index is 1.94. The third kappa shape index (κ3) is 3.10. The van der Waals surface area contributed by atoms with Crippen molar-refractivity contribution in [1.82, 2.24) is 4.31 Å². The van der Waals surface area contributed by atoms with Crippen molar-refractivity contribution in [3.63, 3.8) is 0 Å². The Morgan fingerprint density at radius 3 is 2.70 bits per heavy atom. The molecule has 0 unspecified atom stereocenters. The summed E-state index contributed by atoms with van der Waals surface area (Å²) < 4.78 is 42.1. The van der Waals surface area contributed by atoms with Crippen molar-refractivity contribution in [1.29, 1.82) is 0 Å². The maximum Gasteiger partial charge on any atom is 0.374 e. The van der Waals surface area contributed by atoms with E-state index in [1.54, 1.807) is 13.0 Å². The van der Waals surface area contributed by atoms with E-state index in [4.69, 9.17) is 13.9 Å². The number of carbonyl (C=O) groups excluding carboxylic acids is 1. The molecule has 0 spiro atoms. The van der Waals surface area contributed by atoms with Crippen molar-refractivity contribution >= 4 is 27.0 Å². The quantitative estimate of drug-likeness (QED) is 0.787. The number of fused-ring (bicyclic) bond motifs is 1. The summed E-state index contributed by atoms with van der Waals surface area (Å²) >= 11 is 0. The maximum absolute atomic E-state index is 12.6. The average Bonchev–Trinajstić information content (AvgIpc) is 2.99. The van der Waals surface area contributed by atoms with Crippen molar-refractivity contribution < 1.29 is 27.1 Å². The van der Waals surface area contributed by atoms with Gasteiger partial charge in [-0.1, -0.05) is 0 Å². The number of ether oxygens (including phenoxy) is 2. The zero-order chi connectivity index (χ0) is 16.4. The summed E-state index contributed by atoms with van der Waals surface area (Å²) in [6.45, 7) is 3.39. The zero-order valence-electron chi connectivity index (χ0n) is 12.6. The van der Waals surface area contributed by atoms with E-state index in [9.17, 15) is 13.2 Å². The van der Waals surface area contributed by atoms with Gasteiger partial charge in [0.2, 0.25) is 15.8 Å². The van der Waals surface area contributed by atoms with Crippen molar-refractivity contribution in [2.24, 2.45) is 0 Å². The molecule has 0 aliphatic carbocycles. The first kappa shape index (κ1) is 16.0. The Kier molecular flexibility index (Phi) is 4.38. The molecule has 8 heteroatoms. The molecule has 23 heavy (non-hydrogen) atoms. The third-order valence-corrected chi connectivity index (χ3v) is 5.47. The van der Waals surface area contributed by atoms with E-state index in [2.05, 4.69) is 0 Å². The number of nitrogens with zero attached hydrogens (tertiary/aromatic N) is 1. The normalized spacial score (nSPS) is 16.6. The molecule has 3 rings (SSSR count). The third-order valence-electron chi connectivity index (χ3n) is 3.57. The number of benzene rings is 1. The lowest BCUT2D eigenvalue weighted by molar-refractivity contribution is 0.0492. The molecular formula is C15H17NO6S. The van der Waals surface area contributed by atoms with Crippen molar-refractivity contribution in [2.45, 2.75) is 11.8 Å². The van der Waals surface area contributed by atoms with Gasteiger partial charge in [-0.2, -0.15) is 4.31 Å². The summed E-state index contributed by atoms with van der Waals surface area (Å²) in [4.78, 5) is 11.9. The fraction of sp³-hybridized carbons (Fsp3) is 0.400. The minimum atomic E-state index is -3.58. The molecule has 0 N–H and O–H groups in total. The molecule has 2 heterocycles. The number of furan rings is 1. The molecule has 0 amide bonds. The second kappa shape index (κ2) is 6.31. The van der Waals surface area contributed by atoms with Crippen molar-refractivity contribution in [2.75, 3.05) is 32.9 Å². The van der Waals surface area contributed by atoms with Gasteiger partial charge in [-0.15, -0.1) is 0 Å². The molecule has 7 nitrogen and oxygen atoms in total. The zero-order valence-corrected chi connectivity index (χ0v) is 13.5. The molecular weight excluding hydrogens is 322 g/mol. The van der Waals surface area contributed by atoms with Crippen LogP contribution in [0.1, 0.15) is 17.5 Å². The van der Waals surface area contributed by atoms with E-state index in [0.29, 0.717) is 37.3 Å². The molecule has 124 valence electrons. The molecule has 0 atom stereocenters. The fourth-order valence-corrected chi connectivity index (χ4v) is 3.86. The van der Waals surface area contributed by atoms with Crippen LogP contribution in [0.15, 0.2) is 33.6 Å². The van der Waals surface area contributed by atoms with Crippen LogP contribution in [0.4, 0.5) is 0 Å². The van der Waals surface area contributed by atoms with Gasteiger partial charge >= 0.3 is 5.97 Å². The first-order chi connectivity index (χ1) is 11.0. The minimum Gasteiger partial charge on any atom is -0.460 e. The highest BCUT2D eigenvalue weighted by Crippen LogP contribution is 2.25. The highest BCUT2D eigenvalue weighted by molar-refractivity contribution is 7.89. The first-order valence-electron chi connectivity index (χ1n) is 7.31. The van der Waals surface area contributed by atoms with Crippen molar-refractivity contribution in [3.8, 4) is 0 Å². The second-order valence-electron chi connectivity index (χ2n) is 5.05. The van der Waals surface area contributed by atoms with Gasteiger partial charge in [-0.3, -0.25) is 0 Å². The molecule has 1 fully saturated rings. The number of esters is 1. The predicted molar refractivity (Wildman–Crippen MR) is 81.7 cm³/mol. The van der Waals surface area contributed by atoms with Crippen LogP contribution >= 0.6 is 0 Å². The summed E-state index contributed by atoms with van der Waals surface area (Å²) in [5.41, 5.74) is 0.439. The number of carbonyl (C=O) groups is 1. The summed E-state index contributed by atoms with van der Waals surface area (Å²) in [5, 5.41) is 0.544. The fourth-order valence-electron chi connectivity index (χ4n) is 2.42. The largest absolute Gasteiger partial charge is 0.460 e. The second-order valence-corrected chi connectivity index (χ2v) is 6.99. The van der Waals surface area contributed by atoms with Crippen LogP contribution in [0, 0.1) is 0 Å². The number of sulfonamides is 1. The lowest BCUT2D eigenvalue weighted by Crippen LogP contribution is -2.40. The highest BCUT2D eigenvalue weighted by Gasteiger charge is 2.27. The van der Waals surface area contributed by atoms with Crippen LogP contribution in [-0.4, -0.2) is 51.6 Å². The summed E-state index contributed by atoms with van der Waals surface area (Å²) in [6, 6.07) is 6.02. The molecule has 1 aliphatic rings. The Labute approximate surface area is 133 Å². The molecule has 1 aromatic heterocycles. The SMILES string of the molecule is CCOC(=O)c1cc2cc(S(=O)(=O)N3CCOCC3)ccc2o1. The Morgan fingerprint density at radius 2 is 2.00 bits per heavy atom. The topological polar surface area (TPSA) is 86.1 Å². The number of hydrogen-bond donors (Lipinski definition) is 0. The van der Waals surface area contributed by atoms with E-state index in [1.165, 1.54) is 22.5 Å². The molecule has 0 saturated carbocycles. The lowest BCUT2D eigenvalue weighted by Gasteiger charge is -2.26. The predicted octanol–water partition coefficient (Wildman–Crippen LogP) is 1.63. The van der Waals surface area contributed by atoms with E-state index in [1.807, 2.05) is 0 Å². The van der Waals surface area contributed by atoms with Crippen LogP contribution < -0.4 is 0 Å². The van der Waals surface area contributed by atoms with Gasteiger partial charge < -0.3 is 13.9 Å². The standard InChI is InChI=1S/C15H17NO6S/c1-2-21-15(17)14-10-11-9-12(3-4-13(11)22-14)23(18,19)16-5-7-20-8-6-16/h3-4,9-10H,2,5-8H2,1H3. The lowest BCUT2D eigenvalue weighted by atomic mass is 10.2. The van der Waals surface area contributed by atoms with E-state index < -0.39 is 16.0 Å². The Hall–Kier alpha value is -1.90. The first-order valence-corrected chi connectivity index (χ1v) is 8.75. The van der Waals surface area contributed by atoms with E-state index >= 15 is 0 Å². The Morgan fingerprint density at radius 1 is 1.26 bits per heavy atom. The van der Waals surface area contributed by atoms with Gasteiger partial charge in [0.1, 0.15) is 5.58 Å². The number of rotatable bonds is 4. The molecule has 1 saturated heterocycles. The monoisotopic (exact) mass is 339 g/mol. The Bertz CT molecular complexity index is 820. The minimum absolute atomic E-state index is 0.0581. The average molecular weight is 339 g/mol. The molecule has 1 aliphatic heterocycles. The summed E-state index contributed by atoms with van der Waals surface area (Å²) in [7, 11) is -3.58. The van der Waals surface area contributed by atoms with Gasteiger partial charge in [-0.25, -0.2) is 13.2 Å². The van der Waals surface area contributed by atoms with Gasteiger partial charge in [-0.05, 0) is 31.2 Å². The molecule has 2 aromatic rings. The summed E-state index contributed by atoms with van der Waals surface area (Å²) in [5.74, 6) is -0.510. The van der Waals surface area contributed by atoms with Gasteiger partial charge in [0, 0.05) is 18.5 Å². The van der Waals surface area contributed by atoms with Crippen LogP contribution in [0.25, 0.3) is 11.0 Å². The van der Waals surface area contributed by atoms with Crippen LogP contribution in [0.3, 0.4) is 0 Å². The summed E-state index contributed by atoms with van der Waals surface area (Å²) in [6.07, 6.45) is 0. The van der Waals surface area contributed by atoms with E-state index in [-0.39, 0.29) is 17.3 Å². The van der Waals surface area contributed by atoms with Crippen molar-refractivity contribution in [3.05, 3.63) is 30.0 Å². The van der Waals surface area contributed by atoms with Gasteiger partial charge in [0.05, 0.1) is 24.7 Å². The number of morpholine rings is 1. The number of hydrogen-bond acceptors (Lipinski definition) is 6. The van der Waals surface area contributed by atoms with Crippen LogP contribution in [-0.2, 0) is 19.5 Å². The molecule has 0 radical (unpaired) electrons. The molecule has 0 bridgehead atoms. The van der Waals surface area contributed by atoms with E-state index in [0.717, 1.165) is 0 Å². The van der Waals surface area contributed by atoms with Gasteiger partial charge in [0.15, 0.2) is 0 Å². The van der Waals surface area contributed by atoms with Crippen LogP contribution in [0.5, 0.6) is 0 Å². The maximum atomic E-state index is 12.6. The van der Waals surface area contributed by atoms with Gasteiger partial charge in [0.25, 0.3) is 0 Å². The highest BCUT2D eigenvalue weighted by atomic mass is 32.2. The smallest absolute Gasteiger partial charge is 0.374 e. The van der Waals surface area contributed by atoms with Crippen LogP contribution in [0.2, 0.25) is 0 Å². The molecule has 1 aromatic carbocycles.